The van der Waals surface area contributed by atoms with Gasteiger partial charge in [0.15, 0.2) is 5.82 Å². The van der Waals surface area contributed by atoms with Crippen molar-refractivity contribution in [2.75, 3.05) is 24.7 Å². The number of pyridine rings is 2. The number of alkyl halides is 1. The summed E-state index contributed by atoms with van der Waals surface area (Å²) in [5, 5.41) is 0. The molecule has 1 aliphatic heterocycles. The van der Waals surface area contributed by atoms with Crippen LogP contribution in [0.2, 0.25) is 0 Å². The summed E-state index contributed by atoms with van der Waals surface area (Å²) in [5.41, 5.74) is 3.11. The first-order chi connectivity index (χ1) is 11.6. The predicted octanol–water partition coefficient (Wildman–Crippen LogP) is 3.81. The van der Waals surface area contributed by atoms with E-state index in [0.717, 1.165) is 48.9 Å². The Labute approximate surface area is 139 Å². The SMILES string of the molecule is Cc1c(N2CCCC(CF)C2)c(F)cn2c(=O)ccc(C3CC3)c12. The number of anilines is 1. The summed E-state index contributed by atoms with van der Waals surface area (Å²) in [6.07, 6.45) is 5.27. The van der Waals surface area contributed by atoms with E-state index in [9.17, 15) is 13.6 Å². The molecule has 1 unspecified atom stereocenters. The molecule has 4 rings (SSSR count). The lowest BCUT2D eigenvalue weighted by molar-refractivity contribution is 0.315. The van der Waals surface area contributed by atoms with Crippen LogP contribution in [0.15, 0.2) is 23.1 Å². The molecule has 128 valence electrons. The normalized spacial score (nSPS) is 21.5. The van der Waals surface area contributed by atoms with Crippen molar-refractivity contribution in [2.45, 2.75) is 38.5 Å². The van der Waals surface area contributed by atoms with Crippen LogP contribution >= 0.6 is 0 Å². The molecule has 0 N–H and O–H groups in total. The number of aryl methyl sites for hydroxylation is 1. The Kier molecular flexibility index (Phi) is 3.82. The third kappa shape index (κ3) is 2.50. The van der Waals surface area contributed by atoms with Gasteiger partial charge in [-0.3, -0.25) is 13.6 Å². The van der Waals surface area contributed by atoms with Crippen molar-refractivity contribution in [2.24, 2.45) is 5.92 Å². The number of halogens is 2. The molecule has 1 saturated heterocycles. The van der Waals surface area contributed by atoms with E-state index in [2.05, 4.69) is 0 Å². The highest BCUT2D eigenvalue weighted by Crippen LogP contribution is 2.43. The van der Waals surface area contributed by atoms with Crippen molar-refractivity contribution < 1.29 is 8.78 Å². The van der Waals surface area contributed by atoms with Crippen LogP contribution in [0.4, 0.5) is 14.5 Å². The summed E-state index contributed by atoms with van der Waals surface area (Å²) in [7, 11) is 0. The lowest BCUT2D eigenvalue weighted by atomic mass is 9.97. The molecule has 5 heteroatoms. The summed E-state index contributed by atoms with van der Waals surface area (Å²) >= 11 is 0. The lowest BCUT2D eigenvalue weighted by Crippen LogP contribution is -2.37. The number of hydrogen-bond donors (Lipinski definition) is 0. The molecule has 24 heavy (non-hydrogen) atoms. The van der Waals surface area contributed by atoms with Crippen LogP contribution in [0.1, 0.15) is 42.7 Å². The Bertz CT molecular complexity index is 841. The summed E-state index contributed by atoms with van der Waals surface area (Å²) in [6.45, 7) is 2.80. The van der Waals surface area contributed by atoms with Gasteiger partial charge in [0.05, 0.1) is 24.1 Å². The van der Waals surface area contributed by atoms with Crippen molar-refractivity contribution in [3.05, 3.63) is 45.6 Å². The van der Waals surface area contributed by atoms with Crippen LogP contribution in [-0.2, 0) is 0 Å². The third-order valence-corrected chi connectivity index (χ3v) is 5.41. The van der Waals surface area contributed by atoms with Gasteiger partial charge in [-0.05, 0) is 49.7 Å². The molecular weight excluding hydrogens is 310 g/mol. The second-order valence-corrected chi connectivity index (χ2v) is 7.18. The van der Waals surface area contributed by atoms with Crippen LogP contribution < -0.4 is 10.5 Å². The average Bonchev–Trinajstić information content (AvgIpc) is 3.41. The third-order valence-electron chi connectivity index (χ3n) is 5.41. The number of nitrogens with zero attached hydrogens (tertiary/aromatic N) is 2. The second kappa shape index (κ2) is 5.87. The number of rotatable bonds is 3. The number of aromatic nitrogens is 1. The maximum absolute atomic E-state index is 14.8. The topological polar surface area (TPSA) is 24.7 Å². The Morgan fingerprint density at radius 2 is 2.04 bits per heavy atom. The van der Waals surface area contributed by atoms with Crippen LogP contribution in [0.25, 0.3) is 5.52 Å². The fraction of sp³-hybridized carbons (Fsp3) is 0.526. The van der Waals surface area contributed by atoms with E-state index < -0.39 is 5.82 Å². The predicted molar refractivity (Wildman–Crippen MR) is 91.2 cm³/mol. The number of hydrogen-bond acceptors (Lipinski definition) is 2. The van der Waals surface area contributed by atoms with Gasteiger partial charge in [-0.15, -0.1) is 0 Å². The monoisotopic (exact) mass is 332 g/mol. The van der Waals surface area contributed by atoms with Gasteiger partial charge in [0.1, 0.15) is 0 Å². The Morgan fingerprint density at radius 3 is 2.75 bits per heavy atom. The minimum Gasteiger partial charge on any atom is -0.368 e. The highest BCUT2D eigenvalue weighted by molar-refractivity contribution is 5.73. The largest absolute Gasteiger partial charge is 0.368 e. The molecule has 1 saturated carbocycles. The molecule has 1 aliphatic carbocycles. The van der Waals surface area contributed by atoms with Crippen molar-refractivity contribution in [1.82, 2.24) is 4.40 Å². The van der Waals surface area contributed by atoms with Crippen molar-refractivity contribution in [3.8, 4) is 0 Å². The molecule has 2 aromatic rings. The van der Waals surface area contributed by atoms with E-state index in [4.69, 9.17) is 0 Å². The number of fused-ring (bicyclic) bond motifs is 1. The average molecular weight is 332 g/mol. The molecule has 2 aromatic heterocycles. The quantitative estimate of drug-likeness (QED) is 0.854. The van der Waals surface area contributed by atoms with Crippen LogP contribution in [0.5, 0.6) is 0 Å². The van der Waals surface area contributed by atoms with Gasteiger partial charge in [-0.1, -0.05) is 6.07 Å². The smallest absolute Gasteiger partial charge is 0.255 e. The van der Waals surface area contributed by atoms with Gasteiger partial charge < -0.3 is 4.90 Å². The molecule has 2 fully saturated rings. The maximum atomic E-state index is 14.8. The van der Waals surface area contributed by atoms with Gasteiger partial charge in [-0.2, -0.15) is 0 Å². The van der Waals surface area contributed by atoms with Crippen molar-refractivity contribution >= 4 is 11.2 Å². The van der Waals surface area contributed by atoms with E-state index in [1.165, 1.54) is 16.7 Å². The summed E-state index contributed by atoms with van der Waals surface area (Å²) in [6, 6.07) is 3.42. The minimum atomic E-state index is -0.394. The van der Waals surface area contributed by atoms with E-state index >= 15 is 0 Å². The van der Waals surface area contributed by atoms with Gasteiger partial charge in [0, 0.05) is 25.1 Å². The zero-order chi connectivity index (χ0) is 16.8. The maximum Gasteiger partial charge on any atom is 0.255 e. The van der Waals surface area contributed by atoms with Crippen molar-refractivity contribution in [3.63, 3.8) is 0 Å². The summed E-state index contributed by atoms with van der Waals surface area (Å²) in [5.74, 6) is 0.0433. The van der Waals surface area contributed by atoms with Gasteiger partial charge in [0.2, 0.25) is 0 Å². The standard InChI is InChI=1S/C19H22F2N2O/c1-12-18-15(14-4-5-14)6-7-17(24)23(18)11-16(21)19(12)22-8-2-3-13(9-20)10-22/h6-7,11,13-14H,2-5,8-10H2,1H3. The molecule has 0 radical (unpaired) electrons. The zero-order valence-corrected chi connectivity index (χ0v) is 13.9. The Hall–Kier alpha value is -1.91. The minimum absolute atomic E-state index is 0.0327. The first-order valence-corrected chi connectivity index (χ1v) is 8.75. The molecular formula is C19H22F2N2O. The van der Waals surface area contributed by atoms with E-state index in [0.29, 0.717) is 18.2 Å². The van der Waals surface area contributed by atoms with Crippen LogP contribution in [-0.4, -0.2) is 24.2 Å². The molecule has 0 spiro atoms. The first-order valence-electron chi connectivity index (χ1n) is 8.75. The van der Waals surface area contributed by atoms with Gasteiger partial charge in [-0.25, -0.2) is 4.39 Å². The van der Waals surface area contributed by atoms with Crippen LogP contribution in [0.3, 0.4) is 0 Å². The fourth-order valence-corrected chi connectivity index (χ4v) is 4.07. The highest BCUT2D eigenvalue weighted by Gasteiger charge is 2.29. The molecule has 0 bridgehead atoms. The Balaban J connectivity index is 1.90. The lowest BCUT2D eigenvalue weighted by Gasteiger charge is -2.34. The number of piperidine rings is 1. The van der Waals surface area contributed by atoms with E-state index in [1.54, 1.807) is 0 Å². The Morgan fingerprint density at radius 1 is 1.25 bits per heavy atom. The highest BCUT2D eigenvalue weighted by atomic mass is 19.1. The van der Waals surface area contributed by atoms with Gasteiger partial charge in [0.25, 0.3) is 5.56 Å². The fourth-order valence-electron chi connectivity index (χ4n) is 4.07. The summed E-state index contributed by atoms with van der Waals surface area (Å²) < 4.78 is 29.4. The van der Waals surface area contributed by atoms with E-state index in [-0.39, 0.29) is 18.2 Å². The molecule has 2 aliphatic rings. The first kappa shape index (κ1) is 15.6. The molecule has 0 aromatic carbocycles. The molecule has 3 heterocycles. The van der Waals surface area contributed by atoms with E-state index in [1.807, 2.05) is 17.9 Å². The zero-order valence-electron chi connectivity index (χ0n) is 13.9. The molecule has 1 atom stereocenters. The second-order valence-electron chi connectivity index (χ2n) is 7.18. The molecule has 0 amide bonds. The summed E-state index contributed by atoms with van der Waals surface area (Å²) in [4.78, 5) is 14.2. The van der Waals surface area contributed by atoms with Crippen LogP contribution in [0, 0.1) is 18.7 Å². The van der Waals surface area contributed by atoms with Gasteiger partial charge >= 0.3 is 0 Å². The molecule has 3 nitrogen and oxygen atoms in total. The van der Waals surface area contributed by atoms with Crippen molar-refractivity contribution in [1.29, 1.82) is 0 Å².